The Labute approximate surface area is 175 Å². The molecule has 0 saturated carbocycles. The van der Waals surface area contributed by atoms with E-state index in [0.717, 1.165) is 11.6 Å². The topological polar surface area (TPSA) is 141 Å². The fourth-order valence-corrected chi connectivity index (χ4v) is 2.71. The second kappa shape index (κ2) is 8.97. The molecule has 0 atom stereocenters. The van der Waals surface area contributed by atoms with Gasteiger partial charge in [-0.2, -0.15) is 9.67 Å². The molecule has 0 amide bonds. The van der Waals surface area contributed by atoms with Crippen molar-refractivity contribution >= 4 is 40.1 Å². The zero-order valence-electron chi connectivity index (χ0n) is 15.4. The molecule has 11 heteroatoms. The molecule has 3 N–H and O–H groups in total. The highest BCUT2D eigenvalue weighted by atomic mass is 35.5. The lowest BCUT2D eigenvalue weighted by Crippen LogP contribution is -2.37. The van der Waals surface area contributed by atoms with Gasteiger partial charge in [0, 0.05) is 34.5 Å². The highest BCUT2D eigenvalue weighted by Crippen LogP contribution is 2.29. The Kier molecular flexibility index (Phi) is 6.18. The third-order valence-corrected chi connectivity index (χ3v) is 4.38. The smallest absolute Gasteiger partial charge is 0.301 e. The van der Waals surface area contributed by atoms with Gasteiger partial charge in [-0.05, 0) is 18.2 Å². The molecule has 0 aliphatic heterocycles. The summed E-state index contributed by atoms with van der Waals surface area (Å²) in [6.07, 6.45) is 3.55. The van der Waals surface area contributed by atoms with E-state index in [0.29, 0.717) is 23.0 Å². The van der Waals surface area contributed by atoms with E-state index in [1.165, 1.54) is 12.1 Å². The van der Waals surface area contributed by atoms with E-state index in [-0.39, 0.29) is 11.4 Å². The monoisotopic (exact) mass is 427 g/mol. The molecule has 0 aliphatic rings. The molecule has 1 heterocycles. The quantitative estimate of drug-likeness (QED) is 0.255. The number of non-ortho nitro benzene ring substituents is 1. The Balaban J connectivity index is 1.97. The third kappa shape index (κ3) is 5.06. The maximum atomic E-state index is 11.3. The SMILES string of the molecule is Nc1cc[n+](CC(=NNc2ccc([N+](=O)[O-])cc2[N+](=O)[O-])c2ccc(Cl)cc2)cc1. The average molecular weight is 428 g/mol. The Morgan fingerprint density at radius 1 is 1.03 bits per heavy atom. The van der Waals surface area contributed by atoms with E-state index < -0.39 is 15.5 Å². The van der Waals surface area contributed by atoms with Crippen LogP contribution in [0.3, 0.4) is 0 Å². The average Bonchev–Trinajstić information content (AvgIpc) is 2.73. The Morgan fingerprint density at radius 3 is 2.30 bits per heavy atom. The summed E-state index contributed by atoms with van der Waals surface area (Å²) < 4.78 is 1.83. The maximum Gasteiger partial charge on any atom is 0.301 e. The van der Waals surface area contributed by atoms with Crippen LogP contribution >= 0.6 is 11.6 Å². The van der Waals surface area contributed by atoms with Crippen molar-refractivity contribution in [2.24, 2.45) is 5.10 Å². The number of hydrogen-bond acceptors (Lipinski definition) is 7. The van der Waals surface area contributed by atoms with E-state index in [1.807, 2.05) is 4.57 Å². The van der Waals surface area contributed by atoms with E-state index in [9.17, 15) is 20.2 Å². The van der Waals surface area contributed by atoms with E-state index >= 15 is 0 Å². The van der Waals surface area contributed by atoms with Gasteiger partial charge in [0.05, 0.1) is 15.9 Å². The fourth-order valence-electron chi connectivity index (χ4n) is 2.59. The standard InChI is InChI=1S/C19H15ClN6O4/c20-14-3-1-13(2-4-14)18(12-24-9-7-15(21)8-10-24)23-22-17-6-5-16(25(27)28)11-19(17)26(29)30/h1-11,21-22H,12H2/p+1. The molecule has 0 radical (unpaired) electrons. The van der Waals surface area contributed by atoms with Crippen LogP contribution in [0.1, 0.15) is 5.56 Å². The number of hydrogen-bond donors (Lipinski definition) is 2. The molecule has 30 heavy (non-hydrogen) atoms. The highest BCUT2D eigenvalue weighted by Gasteiger charge is 2.20. The lowest BCUT2D eigenvalue weighted by atomic mass is 10.1. The largest absolute Gasteiger partial charge is 0.398 e. The number of aromatic nitrogens is 1. The van der Waals surface area contributed by atoms with Gasteiger partial charge in [-0.3, -0.25) is 25.7 Å². The van der Waals surface area contributed by atoms with Crippen LogP contribution in [0.25, 0.3) is 0 Å². The van der Waals surface area contributed by atoms with Gasteiger partial charge < -0.3 is 5.73 Å². The molecular weight excluding hydrogens is 412 g/mol. The van der Waals surface area contributed by atoms with Gasteiger partial charge in [-0.15, -0.1) is 0 Å². The van der Waals surface area contributed by atoms with Crippen molar-refractivity contribution in [1.82, 2.24) is 0 Å². The number of halogens is 1. The van der Waals surface area contributed by atoms with Gasteiger partial charge in [0.25, 0.3) is 5.69 Å². The summed E-state index contributed by atoms with van der Waals surface area (Å²) in [5.41, 5.74) is 9.46. The molecule has 2 aromatic carbocycles. The molecule has 3 rings (SSSR count). The van der Waals surface area contributed by atoms with Crippen molar-refractivity contribution in [3.63, 3.8) is 0 Å². The second-order valence-corrected chi connectivity index (χ2v) is 6.63. The first kappa shape index (κ1) is 20.7. The number of nitrogens with zero attached hydrogens (tertiary/aromatic N) is 4. The Bertz CT molecular complexity index is 1120. The molecule has 0 unspecified atom stereocenters. The van der Waals surface area contributed by atoms with Crippen LogP contribution in [0, 0.1) is 20.2 Å². The van der Waals surface area contributed by atoms with Crippen molar-refractivity contribution in [3.8, 4) is 0 Å². The number of hydrazone groups is 1. The van der Waals surface area contributed by atoms with E-state index in [1.54, 1.807) is 48.8 Å². The first-order valence-electron chi connectivity index (χ1n) is 8.59. The number of nitrogens with two attached hydrogens (primary N) is 1. The van der Waals surface area contributed by atoms with Crippen LogP contribution in [0.5, 0.6) is 0 Å². The van der Waals surface area contributed by atoms with Crippen molar-refractivity contribution in [2.75, 3.05) is 11.2 Å². The predicted molar refractivity (Wildman–Crippen MR) is 112 cm³/mol. The minimum absolute atomic E-state index is 0.0272. The highest BCUT2D eigenvalue weighted by molar-refractivity contribution is 6.30. The molecule has 0 saturated heterocycles. The Hall–Kier alpha value is -4.05. The van der Waals surface area contributed by atoms with Crippen LogP contribution in [0.2, 0.25) is 5.02 Å². The Morgan fingerprint density at radius 2 is 1.70 bits per heavy atom. The van der Waals surface area contributed by atoms with Crippen LogP contribution < -0.4 is 15.7 Å². The van der Waals surface area contributed by atoms with Gasteiger partial charge in [-0.1, -0.05) is 23.7 Å². The van der Waals surface area contributed by atoms with Crippen LogP contribution in [-0.2, 0) is 6.54 Å². The second-order valence-electron chi connectivity index (χ2n) is 6.20. The lowest BCUT2D eigenvalue weighted by Gasteiger charge is -2.07. The van der Waals surface area contributed by atoms with Crippen LogP contribution in [0.15, 0.2) is 72.1 Å². The number of pyridine rings is 1. The number of anilines is 2. The molecule has 152 valence electrons. The summed E-state index contributed by atoms with van der Waals surface area (Å²) in [7, 11) is 0. The summed E-state index contributed by atoms with van der Waals surface area (Å²) in [6.45, 7) is 0.329. The van der Waals surface area contributed by atoms with Gasteiger partial charge in [0.2, 0.25) is 0 Å². The summed E-state index contributed by atoms with van der Waals surface area (Å²) in [5, 5.41) is 27.1. The first-order valence-corrected chi connectivity index (χ1v) is 8.97. The zero-order valence-corrected chi connectivity index (χ0v) is 16.2. The maximum absolute atomic E-state index is 11.3. The van der Waals surface area contributed by atoms with Gasteiger partial charge >= 0.3 is 5.69 Å². The third-order valence-electron chi connectivity index (χ3n) is 4.13. The summed E-state index contributed by atoms with van der Waals surface area (Å²) in [6, 6.07) is 13.7. The van der Waals surface area contributed by atoms with E-state index in [2.05, 4.69) is 10.5 Å². The van der Waals surface area contributed by atoms with Crippen LogP contribution in [0.4, 0.5) is 22.7 Å². The summed E-state index contributed by atoms with van der Waals surface area (Å²) in [5.74, 6) is 0. The lowest BCUT2D eigenvalue weighted by molar-refractivity contribution is -0.681. The number of nitrogen functional groups attached to an aromatic ring is 1. The van der Waals surface area contributed by atoms with Gasteiger partial charge in [0.15, 0.2) is 18.9 Å². The van der Waals surface area contributed by atoms with Crippen molar-refractivity contribution in [3.05, 3.63) is 97.8 Å². The number of nitro groups is 2. The molecular formula is C19H16ClN6O4+. The number of nitrogens with one attached hydrogen (secondary N) is 1. The molecule has 0 bridgehead atoms. The number of benzene rings is 2. The van der Waals surface area contributed by atoms with Gasteiger partial charge in [0.1, 0.15) is 11.4 Å². The summed E-state index contributed by atoms with van der Waals surface area (Å²) >= 11 is 5.96. The summed E-state index contributed by atoms with van der Waals surface area (Å²) in [4.78, 5) is 20.8. The minimum Gasteiger partial charge on any atom is -0.398 e. The molecule has 0 fully saturated rings. The minimum atomic E-state index is -0.707. The fraction of sp³-hybridized carbons (Fsp3) is 0.0526. The van der Waals surface area contributed by atoms with Crippen molar-refractivity contribution < 1.29 is 14.4 Å². The number of nitro benzene ring substituents is 2. The zero-order chi connectivity index (χ0) is 21.7. The molecule has 3 aromatic rings. The van der Waals surface area contributed by atoms with E-state index in [4.69, 9.17) is 17.3 Å². The molecule has 1 aromatic heterocycles. The molecule has 0 aliphatic carbocycles. The first-order chi connectivity index (χ1) is 14.3. The van der Waals surface area contributed by atoms with Crippen molar-refractivity contribution in [1.29, 1.82) is 0 Å². The van der Waals surface area contributed by atoms with Crippen LogP contribution in [-0.4, -0.2) is 15.6 Å². The van der Waals surface area contributed by atoms with Gasteiger partial charge in [-0.25, -0.2) is 0 Å². The normalized spacial score (nSPS) is 11.2. The number of rotatable bonds is 7. The van der Waals surface area contributed by atoms with Crippen molar-refractivity contribution in [2.45, 2.75) is 6.54 Å². The predicted octanol–water partition coefficient (Wildman–Crippen LogP) is 3.54. The molecule has 10 nitrogen and oxygen atoms in total. The molecule has 0 spiro atoms.